The summed E-state index contributed by atoms with van der Waals surface area (Å²) in [6.07, 6.45) is 1.88. The van der Waals surface area contributed by atoms with Gasteiger partial charge in [-0.3, -0.25) is 4.79 Å². The molecule has 0 spiro atoms. The van der Waals surface area contributed by atoms with E-state index in [1.165, 1.54) is 5.56 Å². The maximum absolute atomic E-state index is 11.8. The van der Waals surface area contributed by atoms with E-state index in [9.17, 15) is 4.79 Å². The third-order valence-corrected chi connectivity index (χ3v) is 4.33. The van der Waals surface area contributed by atoms with Crippen LogP contribution in [0.1, 0.15) is 37.3 Å². The first-order chi connectivity index (χ1) is 11.6. The quantitative estimate of drug-likeness (QED) is 0.759. The van der Waals surface area contributed by atoms with Crippen LogP contribution >= 0.6 is 11.6 Å². The first kappa shape index (κ1) is 18.3. The summed E-state index contributed by atoms with van der Waals surface area (Å²) in [4.78, 5) is 11.8. The second kappa shape index (κ2) is 9.33. The first-order valence-corrected chi connectivity index (χ1v) is 8.70. The van der Waals surface area contributed by atoms with Crippen molar-refractivity contribution in [1.29, 1.82) is 0 Å². The van der Waals surface area contributed by atoms with E-state index in [-0.39, 0.29) is 12.5 Å². The fourth-order valence-electron chi connectivity index (χ4n) is 2.33. The molecule has 4 heteroatoms. The molecule has 0 fully saturated rings. The number of hydrogen-bond acceptors (Lipinski definition) is 2. The van der Waals surface area contributed by atoms with Gasteiger partial charge in [-0.1, -0.05) is 49.7 Å². The minimum absolute atomic E-state index is 0.0310. The smallest absolute Gasteiger partial charge is 0.257 e. The van der Waals surface area contributed by atoms with Crippen molar-refractivity contribution >= 4 is 17.5 Å². The topological polar surface area (TPSA) is 38.3 Å². The van der Waals surface area contributed by atoms with Crippen LogP contribution in [0.4, 0.5) is 0 Å². The van der Waals surface area contributed by atoms with Gasteiger partial charge >= 0.3 is 0 Å². The molecular weight excluding hydrogens is 322 g/mol. The van der Waals surface area contributed by atoms with E-state index in [1.807, 2.05) is 36.4 Å². The molecule has 0 aromatic heterocycles. The van der Waals surface area contributed by atoms with Crippen LogP contribution in [-0.2, 0) is 11.2 Å². The molecule has 2 aromatic rings. The molecule has 24 heavy (non-hydrogen) atoms. The van der Waals surface area contributed by atoms with Gasteiger partial charge in [-0.25, -0.2) is 0 Å². The highest BCUT2D eigenvalue weighted by molar-refractivity contribution is 6.30. The summed E-state index contributed by atoms with van der Waals surface area (Å²) < 4.78 is 5.53. The summed E-state index contributed by atoms with van der Waals surface area (Å²) >= 11 is 5.84. The van der Waals surface area contributed by atoms with E-state index in [4.69, 9.17) is 16.3 Å². The summed E-state index contributed by atoms with van der Waals surface area (Å²) in [6, 6.07) is 15.6. The van der Waals surface area contributed by atoms with Crippen molar-refractivity contribution < 1.29 is 9.53 Å². The van der Waals surface area contributed by atoms with Crippen molar-refractivity contribution in [2.45, 2.75) is 32.6 Å². The standard InChI is InChI=1S/C20H24ClNO2/c1-3-15(2)17-6-10-19(11-7-17)24-14-20(23)22-13-12-16-4-8-18(21)9-5-16/h4-11,15H,3,12-14H2,1-2H3,(H,22,23)/t15-/m1/s1. The zero-order valence-electron chi connectivity index (χ0n) is 14.2. The number of amides is 1. The van der Waals surface area contributed by atoms with Gasteiger partial charge in [0.1, 0.15) is 5.75 Å². The second-order valence-electron chi connectivity index (χ2n) is 5.89. The molecule has 0 aliphatic heterocycles. The second-order valence-corrected chi connectivity index (χ2v) is 6.33. The Balaban J connectivity index is 1.70. The number of carbonyl (C=O) groups is 1. The molecule has 0 bridgehead atoms. The van der Waals surface area contributed by atoms with Crippen molar-refractivity contribution in [1.82, 2.24) is 5.32 Å². The van der Waals surface area contributed by atoms with Crippen molar-refractivity contribution in [3.8, 4) is 5.75 Å². The lowest BCUT2D eigenvalue weighted by atomic mass is 9.99. The Labute approximate surface area is 149 Å². The number of carbonyl (C=O) groups excluding carboxylic acids is 1. The molecule has 0 radical (unpaired) electrons. The zero-order chi connectivity index (χ0) is 17.4. The van der Waals surface area contributed by atoms with Gasteiger partial charge < -0.3 is 10.1 Å². The number of halogens is 1. The molecule has 0 aliphatic rings. The number of hydrogen-bond donors (Lipinski definition) is 1. The van der Waals surface area contributed by atoms with E-state index in [1.54, 1.807) is 0 Å². The minimum atomic E-state index is -0.116. The van der Waals surface area contributed by atoms with Gasteiger partial charge in [-0.15, -0.1) is 0 Å². The molecule has 2 rings (SSSR count). The average Bonchev–Trinajstić information content (AvgIpc) is 2.61. The maximum atomic E-state index is 11.8. The van der Waals surface area contributed by atoms with Crippen LogP contribution in [0.15, 0.2) is 48.5 Å². The molecular formula is C20H24ClNO2. The largest absolute Gasteiger partial charge is 0.484 e. The van der Waals surface area contributed by atoms with Crippen LogP contribution in [0, 0.1) is 0 Å². The lowest BCUT2D eigenvalue weighted by Gasteiger charge is -2.11. The van der Waals surface area contributed by atoms with Crippen molar-refractivity contribution in [2.75, 3.05) is 13.2 Å². The normalized spacial score (nSPS) is 11.8. The molecule has 2 aromatic carbocycles. The van der Waals surface area contributed by atoms with Crippen LogP contribution in [0.5, 0.6) is 5.75 Å². The van der Waals surface area contributed by atoms with E-state index in [0.717, 1.165) is 29.2 Å². The molecule has 3 nitrogen and oxygen atoms in total. The molecule has 0 heterocycles. The SMILES string of the molecule is CC[C@@H](C)c1ccc(OCC(=O)NCCc2ccc(Cl)cc2)cc1. The summed E-state index contributed by atoms with van der Waals surface area (Å²) in [7, 11) is 0. The third kappa shape index (κ3) is 5.89. The molecule has 0 saturated heterocycles. The van der Waals surface area contributed by atoms with Gasteiger partial charge in [-0.05, 0) is 54.2 Å². The Morgan fingerprint density at radius 3 is 2.42 bits per heavy atom. The highest BCUT2D eigenvalue weighted by Gasteiger charge is 2.05. The fraction of sp³-hybridized carbons (Fsp3) is 0.350. The van der Waals surface area contributed by atoms with Gasteiger partial charge in [0.05, 0.1) is 0 Å². The van der Waals surface area contributed by atoms with Crippen molar-refractivity contribution in [2.24, 2.45) is 0 Å². The van der Waals surface area contributed by atoms with Gasteiger partial charge in [0, 0.05) is 11.6 Å². The Morgan fingerprint density at radius 2 is 1.79 bits per heavy atom. The van der Waals surface area contributed by atoms with E-state index in [2.05, 4.69) is 31.3 Å². The van der Waals surface area contributed by atoms with Gasteiger partial charge in [0.15, 0.2) is 6.61 Å². The monoisotopic (exact) mass is 345 g/mol. The molecule has 0 aliphatic carbocycles. The molecule has 1 atom stereocenters. The zero-order valence-corrected chi connectivity index (χ0v) is 15.0. The first-order valence-electron chi connectivity index (χ1n) is 8.32. The Kier molecular flexibility index (Phi) is 7.13. The summed E-state index contributed by atoms with van der Waals surface area (Å²) in [6.45, 7) is 4.98. The summed E-state index contributed by atoms with van der Waals surface area (Å²) in [5.41, 5.74) is 2.43. The predicted molar refractivity (Wildman–Crippen MR) is 98.8 cm³/mol. The number of nitrogens with one attached hydrogen (secondary N) is 1. The highest BCUT2D eigenvalue weighted by Crippen LogP contribution is 2.21. The number of benzene rings is 2. The lowest BCUT2D eigenvalue weighted by molar-refractivity contribution is -0.123. The van der Waals surface area contributed by atoms with E-state index < -0.39 is 0 Å². The highest BCUT2D eigenvalue weighted by atomic mass is 35.5. The van der Waals surface area contributed by atoms with Gasteiger partial charge in [-0.2, -0.15) is 0 Å². The van der Waals surface area contributed by atoms with E-state index in [0.29, 0.717) is 12.5 Å². The number of ether oxygens (including phenoxy) is 1. The van der Waals surface area contributed by atoms with Crippen LogP contribution in [0.25, 0.3) is 0 Å². The molecule has 1 amide bonds. The third-order valence-electron chi connectivity index (χ3n) is 4.08. The van der Waals surface area contributed by atoms with Gasteiger partial charge in [0.2, 0.25) is 0 Å². The van der Waals surface area contributed by atoms with E-state index >= 15 is 0 Å². The minimum Gasteiger partial charge on any atom is -0.484 e. The Morgan fingerprint density at radius 1 is 1.12 bits per heavy atom. The summed E-state index contributed by atoms with van der Waals surface area (Å²) in [5, 5.41) is 3.58. The summed E-state index contributed by atoms with van der Waals surface area (Å²) in [5.74, 6) is 1.14. The number of rotatable bonds is 8. The fourth-order valence-corrected chi connectivity index (χ4v) is 2.45. The Bertz CT molecular complexity index is 638. The lowest BCUT2D eigenvalue weighted by Crippen LogP contribution is -2.30. The van der Waals surface area contributed by atoms with Crippen LogP contribution in [0.3, 0.4) is 0 Å². The maximum Gasteiger partial charge on any atom is 0.257 e. The Hall–Kier alpha value is -2.00. The molecule has 1 N–H and O–H groups in total. The van der Waals surface area contributed by atoms with Crippen LogP contribution < -0.4 is 10.1 Å². The van der Waals surface area contributed by atoms with Crippen molar-refractivity contribution in [3.05, 3.63) is 64.7 Å². The van der Waals surface area contributed by atoms with Gasteiger partial charge in [0.25, 0.3) is 5.91 Å². The molecule has 128 valence electrons. The predicted octanol–water partition coefficient (Wildman–Crippen LogP) is 4.59. The van der Waals surface area contributed by atoms with Crippen LogP contribution in [0.2, 0.25) is 5.02 Å². The molecule has 0 saturated carbocycles. The van der Waals surface area contributed by atoms with Crippen LogP contribution in [-0.4, -0.2) is 19.1 Å². The van der Waals surface area contributed by atoms with Crippen molar-refractivity contribution in [3.63, 3.8) is 0 Å². The average molecular weight is 346 g/mol. The molecule has 0 unspecified atom stereocenters.